The molecule has 6 nitrogen and oxygen atoms in total. The Labute approximate surface area is 124 Å². The molecule has 0 aromatic heterocycles. The van der Waals surface area contributed by atoms with E-state index in [1.807, 2.05) is 0 Å². The van der Waals surface area contributed by atoms with Gasteiger partial charge in [-0.15, -0.1) is 0 Å². The number of carbonyl (C=O) groups is 1. The molecule has 0 saturated carbocycles. The van der Waals surface area contributed by atoms with E-state index in [0.717, 1.165) is 18.7 Å². The van der Waals surface area contributed by atoms with Crippen molar-refractivity contribution in [3.8, 4) is 0 Å². The number of rotatable bonds is 5. The van der Waals surface area contributed by atoms with Crippen molar-refractivity contribution in [3.05, 3.63) is 39.9 Å². The smallest absolute Gasteiger partial charge is 0.269 e. The third kappa shape index (κ3) is 4.61. The Kier molecular flexibility index (Phi) is 5.03. The van der Waals surface area contributed by atoms with E-state index in [0.29, 0.717) is 25.0 Å². The zero-order valence-electron chi connectivity index (χ0n) is 12.4. The number of carbonyl (C=O) groups excluding carboxylic acids is 1. The molecule has 21 heavy (non-hydrogen) atoms. The number of nitro benzene ring substituents is 1. The van der Waals surface area contributed by atoms with Crippen molar-refractivity contribution in [1.82, 2.24) is 10.2 Å². The molecule has 1 aromatic carbocycles. The largest absolute Gasteiger partial charge is 0.309 e. The van der Waals surface area contributed by atoms with Crippen molar-refractivity contribution in [2.24, 2.45) is 0 Å². The lowest BCUT2D eigenvalue weighted by Crippen LogP contribution is -2.55. The number of non-ortho nitro benzene ring substituents is 1. The Morgan fingerprint density at radius 1 is 1.29 bits per heavy atom. The van der Waals surface area contributed by atoms with Crippen LogP contribution in [0, 0.1) is 10.1 Å². The Morgan fingerprint density at radius 3 is 2.38 bits per heavy atom. The van der Waals surface area contributed by atoms with Crippen molar-refractivity contribution < 1.29 is 9.72 Å². The summed E-state index contributed by atoms with van der Waals surface area (Å²) in [6.07, 6.45) is 0.324. The second kappa shape index (κ2) is 6.78. The molecule has 6 heteroatoms. The summed E-state index contributed by atoms with van der Waals surface area (Å²) >= 11 is 0. The van der Waals surface area contributed by atoms with E-state index >= 15 is 0 Å². The van der Waals surface area contributed by atoms with Crippen LogP contribution >= 0.6 is 0 Å². The molecular formula is C15H21N3O3. The van der Waals surface area contributed by atoms with Crippen LogP contribution in [0.25, 0.3) is 0 Å². The summed E-state index contributed by atoms with van der Waals surface area (Å²) in [4.78, 5) is 24.4. The topological polar surface area (TPSA) is 75.5 Å². The van der Waals surface area contributed by atoms with E-state index in [2.05, 4.69) is 24.1 Å². The first-order chi connectivity index (χ1) is 9.94. The van der Waals surface area contributed by atoms with E-state index in [1.54, 1.807) is 12.1 Å². The number of nitro groups is 1. The zero-order chi connectivity index (χ0) is 15.4. The fourth-order valence-electron chi connectivity index (χ4n) is 2.84. The van der Waals surface area contributed by atoms with Gasteiger partial charge in [0.2, 0.25) is 0 Å². The SMILES string of the molecule is CC1CN(CC(=O)Cc2ccc([N+](=O)[O-])cc2)CC(C)N1. The molecule has 0 amide bonds. The maximum Gasteiger partial charge on any atom is 0.269 e. The van der Waals surface area contributed by atoms with Crippen molar-refractivity contribution in [3.63, 3.8) is 0 Å². The minimum Gasteiger partial charge on any atom is -0.309 e. The van der Waals surface area contributed by atoms with Crippen LogP contribution in [-0.2, 0) is 11.2 Å². The highest BCUT2D eigenvalue weighted by atomic mass is 16.6. The van der Waals surface area contributed by atoms with Crippen molar-refractivity contribution >= 4 is 11.5 Å². The Bertz CT molecular complexity index is 505. The maximum absolute atomic E-state index is 12.1. The minimum absolute atomic E-state index is 0.0518. The lowest BCUT2D eigenvalue weighted by atomic mass is 10.1. The van der Waals surface area contributed by atoms with E-state index in [4.69, 9.17) is 0 Å². The number of hydrogen-bond acceptors (Lipinski definition) is 5. The molecule has 1 aliphatic heterocycles. The van der Waals surface area contributed by atoms with Gasteiger partial charge >= 0.3 is 0 Å². The van der Waals surface area contributed by atoms with Gasteiger partial charge in [0.25, 0.3) is 5.69 Å². The molecule has 1 aromatic rings. The highest BCUT2D eigenvalue weighted by Crippen LogP contribution is 2.13. The second-order valence-electron chi connectivity index (χ2n) is 5.80. The average Bonchev–Trinajstić information content (AvgIpc) is 2.37. The third-order valence-corrected chi connectivity index (χ3v) is 3.58. The zero-order valence-corrected chi connectivity index (χ0v) is 12.4. The van der Waals surface area contributed by atoms with E-state index in [-0.39, 0.29) is 11.5 Å². The minimum atomic E-state index is -0.435. The molecule has 1 N–H and O–H groups in total. The van der Waals surface area contributed by atoms with Crippen LogP contribution in [0.5, 0.6) is 0 Å². The van der Waals surface area contributed by atoms with Gasteiger partial charge in [0.1, 0.15) is 0 Å². The van der Waals surface area contributed by atoms with E-state index in [9.17, 15) is 14.9 Å². The van der Waals surface area contributed by atoms with Crippen LogP contribution in [0.4, 0.5) is 5.69 Å². The first kappa shape index (κ1) is 15.6. The first-order valence-corrected chi connectivity index (χ1v) is 7.17. The highest BCUT2D eigenvalue weighted by Gasteiger charge is 2.22. The fraction of sp³-hybridized carbons (Fsp3) is 0.533. The van der Waals surface area contributed by atoms with Gasteiger partial charge in [-0.05, 0) is 19.4 Å². The molecule has 2 unspecified atom stereocenters. The average molecular weight is 291 g/mol. The van der Waals surface area contributed by atoms with Crippen LogP contribution in [0.15, 0.2) is 24.3 Å². The summed E-state index contributed by atoms with van der Waals surface area (Å²) < 4.78 is 0. The number of hydrogen-bond donors (Lipinski definition) is 1. The normalized spacial score (nSPS) is 23.0. The summed E-state index contributed by atoms with van der Waals surface area (Å²) in [5, 5.41) is 14.0. The van der Waals surface area contributed by atoms with Crippen LogP contribution in [0.2, 0.25) is 0 Å². The van der Waals surface area contributed by atoms with Gasteiger partial charge in [-0.2, -0.15) is 0 Å². The number of benzene rings is 1. The summed E-state index contributed by atoms with van der Waals surface area (Å²) in [7, 11) is 0. The molecule has 1 saturated heterocycles. The molecular weight excluding hydrogens is 270 g/mol. The molecule has 114 valence electrons. The highest BCUT2D eigenvalue weighted by molar-refractivity contribution is 5.82. The number of nitrogens with zero attached hydrogens (tertiary/aromatic N) is 2. The predicted octanol–water partition coefficient (Wildman–Crippen LogP) is 1.39. The fourth-order valence-corrected chi connectivity index (χ4v) is 2.84. The van der Waals surface area contributed by atoms with Gasteiger partial charge in [-0.25, -0.2) is 0 Å². The summed E-state index contributed by atoms with van der Waals surface area (Å²) in [6, 6.07) is 6.97. The molecule has 0 radical (unpaired) electrons. The number of nitrogens with one attached hydrogen (secondary N) is 1. The van der Waals surface area contributed by atoms with Crippen LogP contribution < -0.4 is 5.32 Å². The molecule has 2 atom stereocenters. The van der Waals surface area contributed by atoms with Crippen LogP contribution in [0.1, 0.15) is 19.4 Å². The molecule has 2 rings (SSSR count). The predicted molar refractivity (Wildman–Crippen MR) is 80.3 cm³/mol. The molecule has 0 spiro atoms. The van der Waals surface area contributed by atoms with Crippen LogP contribution in [0.3, 0.4) is 0 Å². The standard InChI is InChI=1S/C15H21N3O3/c1-11-8-17(9-12(2)16-11)10-15(19)7-13-3-5-14(6-4-13)18(20)21/h3-6,11-12,16H,7-10H2,1-2H3. The summed E-state index contributed by atoms with van der Waals surface area (Å²) in [5.74, 6) is 0.144. The first-order valence-electron chi connectivity index (χ1n) is 7.17. The van der Waals surface area contributed by atoms with Gasteiger partial charge in [-0.1, -0.05) is 12.1 Å². The van der Waals surface area contributed by atoms with Crippen molar-refractivity contribution in [1.29, 1.82) is 0 Å². The Morgan fingerprint density at radius 2 is 1.86 bits per heavy atom. The van der Waals surface area contributed by atoms with Crippen molar-refractivity contribution in [2.75, 3.05) is 19.6 Å². The quantitative estimate of drug-likeness (QED) is 0.655. The Balaban J connectivity index is 1.88. The van der Waals surface area contributed by atoms with Gasteiger partial charge in [0.15, 0.2) is 5.78 Å². The van der Waals surface area contributed by atoms with Gasteiger partial charge < -0.3 is 5.32 Å². The number of Topliss-reactive ketones (excluding diaryl/α,β-unsaturated/α-hetero) is 1. The monoisotopic (exact) mass is 291 g/mol. The van der Waals surface area contributed by atoms with Gasteiger partial charge in [0.05, 0.1) is 11.5 Å². The third-order valence-electron chi connectivity index (χ3n) is 3.58. The molecule has 0 aliphatic carbocycles. The summed E-state index contributed by atoms with van der Waals surface area (Å²) in [6.45, 7) is 6.41. The van der Waals surface area contributed by atoms with Crippen LogP contribution in [-0.4, -0.2) is 47.3 Å². The van der Waals surface area contributed by atoms with E-state index in [1.165, 1.54) is 12.1 Å². The van der Waals surface area contributed by atoms with Crippen molar-refractivity contribution in [2.45, 2.75) is 32.4 Å². The van der Waals surface area contributed by atoms with Gasteiger partial charge in [0, 0.05) is 43.7 Å². The lowest BCUT2D eigenvalue weighted by Gasteiger charge is -2.35. The Hall–Kier alpha value is -1.79. The lowest BCUT2D eigenvalue weighted by molar-refractivity contribution is -0.384. The second-order valence-corrected chi connectivity index (χ2v) is 5.80. The molecule has 1 aliphatic rings. The van der Waals surface area contributed by atoms with E-state index < -0.39 is 4.92 Å². The molecule has 1 heterocycles. The number of ketones is 1. The van der Waals surface area contributed by atoms with Gasteiger partial charge in [-0.3, -0.25) is 19.8 Å². The number of piperazine rings is 1. The molecule has 1 fully saturated rings. The summed E-state index contributed by atoms with van der Waals surface area (Å²) in [5.41, 5.74) is 0.873. The molecule has 0 bridgehead atoms. The maximum atomic E-state index is 12.1.